The van der Waals surface area contributed by atoms with Crippen LogP contribution in [0.3, 0.4) is 0 Å². The molecule has 3 rings (SSSR count). The molecular weight excluding hydrogens is 450 g/mol. The summed E-state index contributed by atoms with van der Waals surface area (Å²) in [5.41, 5.74) is 6.50. The van der Waals surface area contributed by atoms with Gasteiger partial charge in [0.05, 0.1) is 24.4 Å². The Morgan fingerprint density at radius 2 is 2.03 bits per heavy atom. The minimum atomic E-state index is -0.690. The average Bonchev–Trinajstić information content (AvgIpc) is 2.73. The maximum atomic E-state index is 12.3. The molecule has 1 unspecified atom stereocenters. The number of anilines is 2. The number of ether oxygens (including phenoxy) is 2. The van der Waals surface area contributed by atoms with Crippen LogP contribution in [-0.4, -0.2) is 58.8 Å². The van der Waals surface area contributed by atoms with Crippen LogP contribution in [0, 0.1) is 5.92 Å². The summed E-state index contributed by atoms with van der Waals surface area (Å²) in [6.07, 6.45) is 4.99. The summed E-state index contributed by atoms with van der Waals surface area (Å²) in [4.78, 5) is 29.0. The van der Waals surface area contributed by atoms with Gasteiger partial charge in [-0.1, -0.05) is 20.3 Å². The van der Waals surface area contributed by atoms with Gasteiger partial charge in [-0.3, -0.25) is 4.79 Å². The Kier molecular flexibility index (Phi) is 8.66. The lowest BCUT2D eigenvalue weighted by Crippen LogP contribution is -2.53. The molecule has 3 atom stereocenters. The van der Waals surface area contributed by atoms with Crippen LogP contribution in [0.4, 0.5) is 16.3 Å². The van der Waals surface area contributed by atoms with Crippen LogP contribution in [0.1, 0.15) is 70.8 Å². The van der Waals surface area contributed by atoms with Gasteiger partial charge in [0.1, 0.15) is 11.4 Å². The summed E-state index contributed by atoms with van der Waals surface area (Å²) in [5, 5.41) is 17.6. The van der Waals surface area contributed by atoms with Crippen molar-refractivity contribution in [3.8, 4) is 0 Å². The predicted molar refractivity (Wildman–Crippen MR) is 134 cm³/mol. The third kappa shape index (κ3) is 7.91. The van der Waals surface area contributed by atoms with Crippen molar-refractivity contribution in [2.24, 2.45) is 16.6 Å². The molecule has 1 aromatic rings. The van der Waals surface area contributed by atoms with Gasteiger partial charge in [0.2, 0.25) is 0 Å². The standard InChI is InChI=1S/C24H37N7O4/c1-6-7-15-10-14(2)11-19(26-15)28-17-12-20(30-31-21(17)22(25)32)27-16-8-9-34-13-18(16)29-23(33)35-24(3,4)5/h11-12,14,16,18H,6-10,13H2,1-5H3,(H2,25,32)(H,29,33)(H2,27,28,30)/t14?,16-,18+/m1/s1. The third-order valence-electron chi connectivity index (χ3n) is 5.50. The molecule has 2 aliphatic rings. The maximum absolute atomic E-state index is 12.3. The Hall–Kier alpha value is -3.21. The molecule has 3 heterocycles. The van der Waals surface area contributed by atoms with E-state index < -0.39 is 17.6 Å². The largest absolute Gasteiger partial charge is 0.444 e. The number of aromatic nitrogens is 2. The van der Waals surface area contributed by atoms with E-state index >= 15 is 0 Å². The summed E-state index contributed by atoms with van der Waals surface area (Å²) in [6, 6.07) is 1.17. The lowest BCUT2D eigenvalue weighted by molar-refractivity contribution is 0.0317. The van der Waals surface area contributed by atoms with Gasteiger partial charge in [0, 0.05) is 18.4 Å². The Morgan fingerprint density at radius 3 is 2.71 bits per heavy atom. The van der Waals surface area contributed by atoms with Crippen molar-refractivity contribution in [3.05, 3.63) is 23.7 Å². The van der Waals surface area contributed by atoms with Crippen molar-refractivity contribution < 1.29 is 19.1 Å². The number of primary amides is 1. The molecule has 0 saturated carbocycles. The Morgan fingerprint density at radius 1 is 1.26 bits per heavy atom. The molecule has 1 fully saturated rings. The van der Waals surface area contributed by atoms with E-state index in [1.54, 1.807) is 6.07 Å². The fourth-order valence-electron chi connectivity index (χ4n) is 4.05. The molecule has 0 spiro atoms. The van der Waals surface area contributed by atoms with Gasteiger partial charge in [0.15, 0.2) is 11.5 Å². The number of carbonyl (C=O) groups excluding carboxylic acids is 2. The first kappa shape index (κ1) is 26.4. The minimum Gasteiger partial charge on any atom is -0.444 e. The number of hydrogen-bond donors (Lipinski definition) is 4. The molecule has 0 aliphatic carbocycles. The van der Waals surface area contributed by atoms with Crippen LogP contribution >= 0.6 is 0 Å². The number of carbonyl (C=O) groups is 2. The fourth-order valence-corrected chi connectivity index (χ4v) is 4.05. The number of aliphatic imine (C=N–C) groups is 1. The van der Waals surface area contributed by atoms with E-state index in [0.29, 0.717) is 42.9 Å². The molecule has 11 nitrogen and oxygen atoms in total. The topological polar surface area (TPSA) is 153 Å². The molecule has 0 bridgehead atoms. The highest BCUT2D eigenvalue weighted by Gasteiger charge is 2.30. The summed E-state index contributed by atoms with van der Waals surface area (Å²) in [6.45, 7) is 10.5. The highest BCUT2D eigenvalue weighted by atomic mass is 16.6. The molecule has 1 aromatic heterocycles. The van der Waals surface area contributed by atoms with Crippen LogP contribution in [0.2, 0.25) is 0 Å². The molecule has 5 N–H and O–H groups in total. The second-order valence-corrected chi connectivity index (χ2v) is 10.0. The summed E-state index contributed by atoms with van der Waals surface area (Å²) >= 11 is 0. The van der Waals surface area contributed by atoms with Gasteiger partial charge in [-0.05, 0) is 52.0 Å². The minimum absolute atomic E-state index is 0.0253. The summed E-state index contributed by atoms with van der Waals surface area (Å²) in [7, 11) is 0. The predicted octanol–water partition coefficient (Wildman–Crippen LogP) is 3.20. The molecule has 0 aromatic carbocycles. The number of rotatable bonds is 8. The number of amides is 2. The third-order valence-corrected chi connectivity index (χ3v) is 5.50. The van der Waals surface area contributed by atoms with E-state index in [2.05, 4.69) is 40.0 Å². The van der Waals surface area contributed by atoms with Gasteiger partial charge in [-0.2, -0.15) is 0 Å². The van der Waals surface area contributed by atoms with Crippen LogP contribution in [-0.2, 0) is 9.47 Å². The van der Waals surface area contributed by atoms with Gasteiger partial charge >= 0.3 is 6.09 Å². The quantitative estimate of drug-likeness (QED) is 0.436. The van der Waals surface area contributed by atoms with Gasteiger partial charge in [0.25, 0.3) is 5.91 Å². The molecule has 2 aliphatic heterocycles. The lowest BCUT2D eigenvalue weighted by Gasteiger charge is -2.33. The van der Waals surface area contributed by atoms with Crippen molar-refractivity contribution in [2.45, 2.75) is 78.0 Å². The fraction of sp³-hybridized carbons (Fsp3) is 0.625. The number of allylic oxidation sites excluding steroid dienone is 1. The molecule has 35 heavy (non-hydrogen) atoms. The maximum Gasteiger partial charge on any atom is 0.408 e. The Balaban J connectivity index is 1.78. The first-order valence-electron chi connectivity index (χ1n) is 12.1. The van der Waals surface area contributed by atoms with E-state index in [4.69, 9.17) is 20.2 Å². The first-order valence-corrected chi connectivity index (χ1v) is 12.1. The number of hydrogen-bond acceptors (Lipinski definition) is 9. The number of nitrogens with one attached hydrogen (secondary N) is 3. The zero-order chi connectivity index (χ0) is 25.6. The van der Waals surface area contributed by atoms with Crippen LogP contribution in [0.25, 0.3) is 0 Å². The molecular formula is C24H37N7O4. The Bertz CT molecular complexity index is 987. The van der Waals surface area contributed by atoms with Crippen LogP contribution < -0.4 is 21.7 Å². The molecule has 192 valence electrons. The molecule has 11 heteroatoms. The van der Waals surface area contributed by atoms with E-state index in [1.807, 2.05) is 26.8 Å². The van der Waals surface area contributed by atoms with Crippen molar-refractivity contribution >= 4 is 29.2 Å². The van der Waals surface area contributed by atoms with Crippen molar-refractivity contribution in [1.29, 1.82) is 0 Å². The first-order chi connectivity index (χ1) is 16.5. The normalized spacial score (nSPS) is 22.5. The van der Waals surface area contributed by atoms with E-state index in [-0.39, 0.29) is 17.8 Å². The molecule has 0 radical (unpaired) electrons. The zero-order valence-corrected chi connectivity index (χ0v) is 21.2. The molecule has 1 saturated heterocycles. The highest BCUT2D eigenvalue weighted by Crippen LogP contribution is 2.25. The van der Waals surface area contributed by atoms with E-state index in [9.17, 15) is 9.59 Å². The monoisotopic (exact) mass is 487 g/mol. The number of nitrogens with two attached hydrogens (primary N) is 1. The SMILES string of the molecule is CCCC1=NC(Nc2cc(N[C@@H]3CCOC[C@@H]3NC(=O)OC(C)(C)C)nnc2C(N)=O)=CC(C)C1. The van der Waals surface area contributed by atoms with Crippen molar-refractivity contribution in [1.82, 2.24) is 15.5 Å². The molecule has 2 amide bonds. The second kappa shape index (κ2) is 11.5. The van der Waals surface area contributed by atoms with Crippen molar-refractivity contribution in [3.63, 3.8) is 0 Å². The van der Waals surface area contributed by atoms with Crippen molar-refractivity contribution in [2.75, 3.05) is 23.8 Å². The Labute approximate surface area is 206 Å². The van der Waals surface area contributed by atoms with E-state index in [1.165, 1.54) is 0 Å². The smallest absolute Gasteiger partial charge is 0.408 e. The van der Waals surface area contributed by atoms with Crippen LogP contribution in [0.15, 0.2) is 23.0 Å². The van der Waals surface area contributed by atoms with Crippen LogP contribution in [0.5, 0.6) is 0 Å². The van der Waals surface area contributed by atoms with Gasteiger partial charge < -0.3 is 31.2 Å². The average molecular weight is 488 g/mol. The highest BCUT2D eigenvalue weighted by molar-refractivity contribution is 5.97. The van der Waals surface area contributed by atoms with Gasteiger partial charge in [-0.25, -0.2) is 9.79 Å². The van der Waals surface area contributed by atoms with Gasteiger partial charge in [-0.15, -0.1) is 10.2 Å². The lowest BCUT2D eigenvalue weighted by atomic mass is 9.98. The number of nitrogens with zero attached hydrogens (tertiary/aromatic N) is 3. The number of alkyl carbamates (subject to hydrolysis) is 1. The second-order valence-electron chi connectivity index (χ2n) is 10.0. The van der Waals surface area contributed by atoms with E-state index in [0.717, 1.165) is 25.0 Å². The summed E-state index contributed by atoms with van der Waals surface area (Å²) in [5.74, 6) is 0.721. The summed E-state index contributed by atoms with van der Waals surface area (Å²) < 4.78 is 10.9. The zero-order valence-electron chi connectivity index (χ0n) is 21.2.